The zero-order chi connectivity index (χ0) is 24.0. The Bertz CT molecular complexity index is 715. The average molecular weight is 581 g/mol. The van der Waals surface area contributed by atoms with Crippen molar-refractivity contribution in [3.63, 3.8) is 0 Å². The van der Waals surface area contributed by atoms with Crippen LogP contribution in [0, 0.1) is 11.5 Å². The van der Waals surface area contributed by atoms with Gasteiger partial charge < -0.3 is 14.0 Å². The Morgan fingerprint density at radius 3 is 1.87 bits per heavy atom. The van der Waals surface area contributed by atoms with Crippen molar-refractivity contribution >= 4 is 47.3 Å². The van der Waals surface area contributed by atoms with Gasteiger partial charge in [-0.15, -0.1) is 5.54 Å². The molecular weight excluding hydrogens is 535 g/mol. The van der Waals surface area contributed by atoms with Gasteiger partial charge in [0.1, 0.15) is 19.8 Å². The van der Waals surface area contributed by atoms with Crippen LogP contribution in [-0.2, 0) is 8.85 Å². The lowest BCUT2D eigenvalue weighted by Crippen LogP contribution is -2.55. The van der Waals surface area contributed by atoms with E-state index >= 15 is 0 Å². The van der Waals surface area contributed by atoms with Crippen molar-refractivity contribution in [3.05, 3.63) is 9.66 Å². The molecule has 1 aliphatic rings. The Kier molecular flexibility index (Phi) is 8.64. The van der Waals surface area contributed by atoms with E-state index in [1.807, 2.05) is 0 Å². The lowest BCUT2D eigenvalue weighted by atomic mass is 9.96. The first-order chi connectivity index (χ1) is 13.0. The van der Waals surface area contributed by atoms with Gasteiger partial charge in [0.25, 0.3) is 0 Å². The van der Waals surface area contributed by atoms with Crippen LogP contribution in [0.5, 0.6) is 0 Å². The quantitative estimate of drug-likeness (QED) is 0.214. The Morgan fingerprint density at radius 1 is 1.00 bits per heavy atom. The van der Waals surface area contributed by atoms with Gasteiger partial charge in [0.15, 0.2) is 16.6 Å². The molecule has 0 spiro atoms. The first-order valence-electron chi connectivity index (χ1n) is 11.0. The fourth-order valence-corrected chi connectivity index (χ4v) is 7.38. The van der Waals surface area contributed by atoms with Gasteiger partial charge in [0, 0.05) is 10.0 Å². The van der Waals surface area contributed by atoms with Crippen molar-refractivity contribution < 1.29 is 14.0 Å². The lowest BCUT2D eigenvalue weighted by molar-refractivity contribution is -0.0140. The average Bonchev–Trinajstić information content (AvgIpc) is 2.77. The molecule has 0 amide bonds. The third-order valence-corrected chi connectivity index (χ3v) is 17.9. The van der Waals surface area contributed by atoms with Crippen LogP contribution in [0.4, 0.5) is 0 Å². The van der Waals surface area contributed by atoms with Gasteiger partial charge in [-0.2, -0.15) is 0 Å². The molecule has 0 saturated heterocycles. The van der Waals surface area contributed by atoms with Gasteiger partial charge in [0.2, 0.25) is 0 Å². The molecule has 0 aromatic heterocycles. The van der Waals surface area contributed by atoms with Gasteiger partial charge in [-0.05, 0) is 64.9 Å². The van der Waals surface area contributed by atoms with Crippen molar-refractivity contribution in [2.75, 3.05) is 0 Å². The minimum Gasteiger partial charge on any atom is -0.410 e. The first-order valence-corrected chi connectivity index (χ1v) is 21.4. The summed E-state index contributed by atoms with van der Waals surface area (Å²) in [6.07, 6.45) is 1.90. The van der Waals surface area contributed by atoms with Crippen molar-refractivity contribution in [1.29, 1.82) is 0 Å². The molecule has 3 atom stereocenters. The fraction of sp³-hybridized carbons (Fsp3) is 0.826. The number of aliphatic hydroxyl groups is 1. The molecule has 0 unspecified atom stereocenters. The predicted molar refractivity (Wildman–Crippen MR) is 147 cm³/mol. The second kappa shape index (κ2) is 9.07. The van der Waals surface area contributed by atoms with Gasteiger partial charge in [0.05, 0.1) is 6.10 Å². The molecule has 0 radical (unpaired) electrons. The molecule has 0 saturated carbocycles. The Morgan fingerprint density at radius 2 is 1.47 bits per heavy atom. The number of hydrogen-bond donors (Lipinski definition) is 1. The molecule has 30 heavy (non-hydrogen) atoms. The van der Waals surface area contributed by atoms with E-state index in [1.165, 1.54) is 0 Å². The van der Waals surface area contributed by atoms with Crippen LogP contribution in [0.1, 0.15) is 48.0 Å². The maximum Gasteiger partial charge on any atom is 0.193 e. The number of halogens is 1. The van der Waals surface area contributed by atoms with E-state index in [0.29, 0.717) is 6.42 Å². The van der Waals surface area contributed by atoms with Crippen LogP contribution in [0.3, 0.4) is 0 Å². The summed E-state index contributed by atoms with van der Waals surface area (Å²) in [5, 5.41) is 11.6. The summed E-state index contributed by atoms with van der Waals surface area (Å²) < 4.78 is 14.7. The van der Waals surface area contributed by atoms with Crippen molar-refractivity contribution in [3.8, 4) is 11.5 Å². The van der Waals surface area contributed by atoms with E-state index in [4.69, 9.17) is 8.85 Å². The van der Waals surface area contributed by atoms with Crippen LogP contribution in [0.15, 0.2) is 9.66 Å². The zero-order valence-corrected chi connectivity index (χ0v) is 26.7. The van der Waals surface area contributed by atoms with E-state index in [9.17, 15) is 5.11 Å². The summed E-state index contributed by atoms with van der Waals surface area (Å²) in [5.41, 5.74) is 2.56. The molecule has 3 nitrogen and oxygen atoms in total. The van der Waals surface area contributed by atoms with Gasteiger partial charge >= 0.3 is 0 Å². The molecule has 1 N–H and O–H groups in total. The largest absolute Gasteiger partial charge is 0.410 e. The van der Waals surface area contributed by atoms with E-state index in [-0.39, 0.29) is 16.2 Å². The molecule has 0 aromatic rings. The molecule has 0 aromatic carbocycles. The van der Waals surface area contributed by atoms with Gasteiger partial charge in [-0.3, -0.25) is 0 Å². The maximum atomic E-state index is 11.4. The van der Waals surface area contributed by atoms with Crippen LogP contribution in [-0.4, -0.2) is 47.6 Å². The molecule has 0 fully saturated rings. The summed E-state index contributed by atoms with van der Waals surface area (Å²) >= 11 is 2.36. The van der Waals surface area contributed by atoms with E-state index in [1.54, 1.807) is 0 Å². The van der Waals surface area contributed by atoms with Crippen molar-refractivity contribution in [2.24, 2.45) is 0 Å². The molecule has 0 aliphatic heterocycles. The third kappa shape index (κ3) is 6.78. The summed E-state index contributed by atoms with van der Waals surface area (Å²) in [6, 6.07) is 0. The molecule has 0 bridgehead atoms. The van der Waals surface area contributed by atoms with E-state index in [0.717, 1.165) is 3.58 Å². The molecule has 0 heterocycles. The predicted octanol–water partition coefficient (Wildman–Crippen LogP) is 7.10. The Hall–Kier alpha value is 0.561. The number of aliphatic hydroxyl groups excluding tert-OH is 1. The van der Waals surface area contributed by atoms with Crippen molar-refractivity contribution in [1.82, 2.24) is 0 Å². The van der Waals surface area contributed by atoms with E-state index < -0.39 is 36.4 Å². The summed E-state index contributed by atoms with van der Waals surface area (Å²) in [5.74, 6) is 3.20. The van der Waals surface area contributed by atoms with Crippen LogP contribution < -0.4 is 0 Å². The normalized spacial score (nSPS) is 24.9. The number of rotatable bonds is 5. The second-order valence-electron chi connectivity index (χ2n) is 12.8. The van der Waals surface area contributed by atoms with Crippen molar-refractivity contribution in [2.45, 2.75) is 122 Å². The first kappa shape index (κ1) is 28.6. The number of hydrogen-bond acceptors (Lipinski definition) is 3. The third-order valence-electron chi connectivity index (χ3n) is 6.76. The monoisotopic (exact) mass is 580 g/mol. The minimum atomic E-state index is -2.15. The van der Waals surface area contributed by atoms with Gasteiger partial charge in [-0.25, -0.2) is 0 Å². The summed E-state index contributed by atoms with van der Waals surface area (Å²) in [7, 11) is -5.71. The molecule has 1 rings (SSSR count). The SMILES string of the molecule is CC(C)(C)[Si](C)(C)O[C@@H]1C=C(I)[C@@](O[Si](C)(C)C(C)(C)C)([C@H](O)C#C[Si](C)(C)C)C1. The smallest absolute Gasteiger partial charge is 0.193 e. The van der Waals surface area contributed by atoms with Crippen LogP contribution in [0.25, 0.3) is 0 Å². The second-order valence-corrected chi connectivity index (χ2v) is 28.2. The fourth-order valence-electron chi connectivity index (χ4n) is 2.79. The highest BCUT2D eigenvalue weighted by Gasteiger charge is 2.54. The molecule has 7 heteroatoms. The topological polar surface area (TPSA) is 38.7 Å². The molecular formula is C23H45IO3Si3. The summed E-state index contributed by atoms with van der Waals surface area (Å²) in [4.78, 5) is 0. The molecule has 1 aliphatic carbocycles. The Balaban J connectivity index is 3.39. The zero-order valence-electron chi connectivity index (χ0n) is 21.6. The summed E-state index contributed by atoms with van der Waals surface area (Å²) in [6.45, 7) is 29.2. The highest BCUT2D eigenvalue weighted by atomic mass is 127. The lowest BCUT2D eigenvalue weighted by Gasteiger charge is -2.46. The standard InChI is InChI=1S/C23H45IO3Si3/c1-21(2,3)29(10,11)26-18-16-19(24)23(17-18,20(25)14-15-28(7,8)9)27-30(12,13)22(4,5)6/h16,18,20,25H,17H2,1-13H3/t18-,20-,23-/m1/s1. The minimum absolute atomic E-state index is 0.0429. The molecule has 174 valence electrons. The maximum absolute atomic E-state index is 11.4. The van der Waals surface area contributed by atoms with Crippen LogP contribution in [0.2, 0.25) is 55.9 Å². The Labute approximate surface area is 203 Å². The van der Waals surface area contributed by atoms with Gasteiger partial charge in [-0.1, -0.05) is 67.1 Å². The van der Waals surface area contributed by atoms with Crippen LogP contribution >= 0.6 is 22.6 Å². The highest BCUT2D eigenvalue weighted by molar-refractivity contribution is 14.1. The highest BCUT2D eigenvalue weighted by Crippen LogP contribution is 2.49. The van der Waals surface area contributed by atoms with E-state index in [2.05, 4.69) is 128 Å².